The largest absolute Gasteiger partial charge is 0.388 e. The van der Waals surface area contributed by atoms with E-state index in [9.17, 15) is 0 Å². The molecule has 4 heteroatoms. The average molecular weight is 253 g/mol. The lowest BCUT2D eigenvalue weighted by atomic mass is 9.78. The van der Waals surface area contributed by atoms with E-state index in [0.29, 0.717) is 18.3 Å². The molecule has 0 radical (unpaired) electrons. The molecule has 2 fully saturated rings. The summed E-state index contributed by atoms with van der Waals surface area (Å²) in [5.41, 5.74) is 5.61. The molecule has 4 nitrogen and oxygen atoms in total. The van der Waals surface area contributed by atoms with Gasteiger partial charge in [0, 0.05) is 25.6 Å². The van der Waals surface area contributed by atoms with Crippen molar-refractivity contribution in [3.05, 3.63) is 0 Å². The van der Waals surface area contributed by atoms with E-state index in [0.717, 1.165) is 19.6 Å². The highest BCUT2D eigenvalue weighted by atomic mass is 16.5. The topological polar surface area (TPSA) is 62.3 Å². The summed E-state index contributed by atoms with van der Waals surface area (Å²) in [4.78, 5) is 2.38. The predicted octanol–water partition coefficient (Wildman–Crippen LogP) is 2.13. The molecule has 0 amide bonds. The first-order valence-electron chi connectivity index (χ1n) is 7.28. The maximum Gasteiger partial charge on any atom is 0.0918 e. The summed E-state index contributed by atoms with van der Waals surface area (Å²) in [5, 5.41) is 7.32. The van der Waals surface area contributed by atoms with Crippen LogP contribution in [-0.4, -0.2) is 42.6 Å². The van der Waals surface area contributed by atoms with Crippen molar-refractivity contribution in [1.82, 2.24) is 4.90 Å². The molecule has 1 aliphatic carbocycles. The van der Waals surface area contributed by atoms with Gasteiger partial charge in [0.15, 0.2) is 0 Å². The van der Waals surface area contributed by atoms with Crippen LogP contribution in [0, 0.1) is 5.41 Å². The van der Waals surface area contributed by atoms with E-state index in [1.165, 1.54) is 38.5 Å². The van der Waals surface area contributed by atoms with Crippen LogP contribution >= 0.6 is 0 Å². The van der Waals surface area contributed by atoms with E-state index in [1.807, 2.05) is 0 Å². The number of nitrogens with one attached hydrogen (secondary N) is 1. The highest BCUT2D eigenvalue weighted by Gasteiger charge is 2.39. The Hall–Kier alpha value is -0.610. The molecule has 1 aliphatic heterocycles. The molecule has 104 valence electrons. The third kappa shape index (κ3) is 3.45. The minimum Gasteiger partial charge on any atom is -0.388 e. The lowest BCUT2D eigenvalue weighted by Crippen LogP contribution is -2.49. The van der Waals surface area contributed by atoms with Crippen LogP contribution in [0.15, 0.2) is 0 Å². The van der Waals surface area contributed by atoms with Gasteiger partial charge < -0.3 is 15.4 Å². The molecule has 1 saturated heterocycles. The second kappa shape index (κ2) is 6.02. The molecule has 2 rings (SSSR count). The average Bonchev–Trinajstić information content (AvgIpc) is 2.37. The quantitative estimate of drug-likeness (QED) is 0.596. The van der Waals surface area contributed by atoms with E-state index < -0.39 is 0 Å². The van der Waals surface area contributed by atoms with Crippen molar-refractivity contribution in [3.8, 4) is 0 Å². The van der Waals surface area contributed by atoms with Gasteiger partial charge in [-0.2, -0.15) is 0 Å². The molecular weight excluding hydrogens is 226 g/mol. The Morgan fingerprint density at radius 2 is 2.11 bits per heavy atom. The molecule has 1 saturated carbocycles. The summed E-state index contributed by atoms with van der Waals surface area (Å²) in [6.45, 7) is 1.80. The molecule has 1 unspecified atom stereocenters. The van der Waals surface area contributed by atoms with Crippen molar-refractivity contribution in [2.45, 2.75) is 63.0 Å². The predicted molar refractivity (Wildman–Crippen MR) is 74.0 cm³/mol. The first-order valence-corrected chi connectivity index (χ1v) is 7.28. The van der Waals surface area contributed by atoms with Crippen LogP contribution < -0.4 is 5.73 Å². The van der Waals surface area contributed by atoms with Gasteiger partial charge >= 0.3 is 0 Å². The minimum absolute atomic E-state index is 0.172. The number of nitrogens with zero attached hydrogens (tertiary/aromatic N) is 1. The zero-order chi connectivity index (χ0) is 13.0. The molecule has 3 N–H and O–H groups in total. The Kier molecular flexibility index (Phi) is 4.62. The third-order valence-electron chi connectivity index (χ3n) is 4.59. The second-order valence-corrected chi connectivity index (χ2v) is 5.99. The lowest BCUT2D eigenvalue weighted by Gasteiger charge is -2.46. The fourth-order valence-corrected chi connectivity index (χ4v) is 3.40. The van der Waals surface area contributed by atoms with E-state index in [1.54, 1.807) is 0 Å². The van der Waals surface area contributed by atoms with Gasteiger partial charge in [0.1, 0.15) is 0 Å². The molecular formula is C14H27N3O. The summed E-state index contributed by atoms with van der Waals surface area (Å²) in [6, 6.07) is 0.608. The summed E-state index contributed by atoms with van der Waals surface area (Å²) >= 11 is 0. The molecule has 0 bridgehead atoms. The Bertz CT molecular complexity index is 281. The van der Waals surface area contributed by atoms with Gasteiger partial charge in [-0.15, -0.1) is 0 Å². The normalized spacial score (nSPS) is 27.6. The van der Waals surface area contributed by atoms with E-state index in [4.69, 9.17) is 15.9 Å². The van der Waals surface area contributed by atoms with Gasteiger partial charge in [-0.25, -0.2) is 0 Å². The monoisotopic (exact) mass is 253 g/mol. The number of nitrogens with two attached hydrogens (primary N) is 1. The van der Waals surface area contributed by atoms with Crippen LogP contribution in [0.3, 0.4) is 0 Å². The first-order chi connectivity index (χ1) is 8.61. The van der Waals surface area contributed by atoms with Crippen LogP contribution in [0.5, 0.6) is 0 Å². The summed E-state index contributed by atoms with van der Waals surface area (Å²) in [6.07, 6.45) is 9.47. The molecule has 0 aromatic rings. The van der Waals surface area contributed by atoms with Crippen molar-refractivity contribution in [2.24, 2.45) is 5.73 Å². The Balaban J connectivity index is 1.87. The van der Waals surface area contributed by atoms with Crippen LogP contribution in [0.4, 0.5) is 0 Å². The first kappa shape index (κ1) is 13.8. The number of amidine groups is 1. The standard InChI is InChI=1S/C14H27N3O/c1-17(9-5-13(15)16)12-6-10-18-14(11-12)7-3-2-4-8-14/h12H,2-11H2,1H3,(H3,15,16). The molecule has 1 heterocycles. The van der Waals surface area contributed by atoms with Crippen LogP contribution in [0.2, 0.25) is 0 Å². The Labute approximate surface area is 110 Å². The smallest absolute Gasteiger partial charge is 0.0918 e. The van der Waals surface area contributed by atoms with E-state index >= 15 is 0 Å². The summed E-state index contributed by atoms with van der Waals surface area (Å²) in [7, 11) is 2.16. The van der Waals surface area contributed by atoms with Gasteiger partial charge in [0.05, 0.1) is 11.4 Å². The van der Waals surface area contributed by atoms with Gasteiger partial charge in [0.25, 0.3) is 0 Å². The zero-order valence-corrected chi connectivity index (χ0v) is 11.6. The van der Waals surface area contributed by atoms with Gasteiger partial charge in [-0.1, -0.05) is 19.3 Å². The fraction of sp³-hybridized carbons (Fsp3) is 0.929. The molecule has 0 aromatic carbocycles. The Morgan fingerprint density at radius 1 is 1.39 bits per heavy atom. The van der Waals surface area contributed by atoms with Crippen molar-refractivity contribution < 1.29 is 4.74 Å². The van der Waals surface area contributed by atoms with E-state index in [-0.39, 0.29) is 5.60 Å². The maximum absolute atomic E-state index is 7.32. The maximum atomic E-state index is 7.32. The molecule has 1 spiro atoms. The number of hydrogen-bond donors (Lipinski definition) is 2. The molecule has 2 aliphatic rings. The van der Waals surface area contributed by atoms with Crippen LogP contribution in [0.25, 0.3) is 0 Å². The lowest BCUT2D eigenvalue weighted by molar-refractivity contribution is -0.121. The van der Waals surface area contributed by atoms with Crippen molar-refractivity contribution >= 4 is 5.84 Å². The summed E-state index contributed by atoms with van der Waals surface area (Å²) in [5.74, 6) is 0.293. The molecule has 18 heavy (non-hydrogen) atoms. The Morgan fingerprint density at radius 3 is 2.78 bits per heavy atom. The van der Waals surface area contributed by atoms with Crippen LogP contribution in [-0.2, 0) is 4.74 Å². The highest BCUT2D eigenvalue weighted by Crippen LogP contribution is 2.39. The SMILES string of the molecule is CN(CCC(=N)N)C1CCOC2(CCCCC2)C1. The third-order valence-corrected chi connectivity index (χ3v) is 4.59. The van der Waals surface area contributed by atoms with Crippen molar-refractivity contribution in [3.63, 3.8) is 0 Å². The van der Waals surface area contributed by atoms with E-state index in [2.05, 4.69) is 11.9 Å². The van der Waals surface area contributed by atoms with Crippen LogP contribution in [0.1, 0.15) is 51.4 Å². The minimum atomic E-state index is 0.172. The zero-order valence-electron chi connectivity index (χ0n) is 11.6. The highest BCUT2D eigenvalue weighted by molar-refractivity contribution is 5.76. The molecule has 0 aromatic heterocycles. The summed E-state index contributed by atoms with van der Waals surface area (Å²) < 4.78 is 6.12. The van der Waals surface area contributed by atoms with Gasteiger partial charge in [0.2, 0.25) is 0 Å². The van der Waals surface area contributed by atoms with Gasteiger partial charge in [-0.05, 0) is 32.7 Å². The van der Waals surface area contributed by atoms with Crippen molar-refractivity contribution in [2.75, 3.05) is 20.2 Å². The number of rotatable bonds is 4. The second-order valence-electron chi connectivity index (χ2n) is 5.99. The van der Waals surface area contributed by atoms with Gasteiger partial charge in [-0.3, -0.25) is 5.41 Å². The fourth-order valence-electron chi connectivity index (χ4n) is 3.40. The number of ether oxygens (including phenoxy) is 1. The molecule has 1 atom stereocenters. The van der Waals surface area contributed by atoms with Crippen molar-refractivity contribution in [1.29, 1.82) is 5.41 Å². The number of hydrogen-bond acceptors (Lipinski definition) is 3.